The van der Waals surface area contributed by atoms with Crippen molar-refractivity contribution in [3.63, 3.8) is 0 Å². The lowest BCUT2D eigenvalue weighted by Crippen LogP contribution is -2.38. The Bertz CT molecular complexity index is 642. The van der Waals surface area contributed by atoms with Crippen LogP contribution in [-0.4, -0.2) is 33.3 Å². The van der Waals surface area contributed by atoms with Gasteiger partial charge in [0.25, 0.3) is 0 Å². The normalized spacial score (nSPS) is 11.0. The number of guanidine groups is 1. The van der Waals surface area contributed by atoms with Crippen LogP contribution in [0.1, 0.15) is 5.56 Å². The zero-order valence-electron chi connectivity index (χ0n) is 13.9. The maximum Gasteiger partial charge on any atom is 0.191 e. The molecule has 0 radical (unpaired) electrons. The Morgan fingerprint density at radius 1 is 1.00 bits per heavy atom. The third kappa shape index (κ3) is 5.79. The minimum atomic E-state index is -0.239. The number of nitrogens with one attached hydrogen (secondary N) is 2. The second-order valence-corrected chi connectivity index (χ2v) is 5.00. The molecule has 0 saturated carbocycles. The number of nitrogens with zero attached hydrogens (tertiary/aromatic N) is 1. The van der Waals surface area contributed by atoms with Crippen molar-refractivity contribution in [2.75, 3.05) is 27.3 Å². The Balaban J connectivity index is 1.68. The average Bonchev–Trinajstić information content (AvgIpc) is 2.63. The molecule has 0 aliphatic carbocycles. The summed E-state index contributed by atoms with van der Waals surface area (Å²) in [6, 6.07) is 13.8. The van der Waals surface area contributed by atoms with Gasteiger partial charge in [0.1, 0.15) is 23.9 Å². The highest BCUT2D eigenvalue weighted by molar-refractivity contribution is 5.79. The molecule has 2 rings (SSSR count). The van der Waals surface area contributed by atoms with Crippen molar-refractivity contribution < 1.29 is 13.9 Å². The third-order valence-corrected chi connectivity index (χ3v) is 3.32. The van der Waals surface area contributed by atoms with Crippen LogP contribution in [0.15, 0.2) is 53.5 Å². The molecule has 2 N–H and O–H groups in total. The molecule has 0 heterocycles. The van der Waals surface area contributed by atoms with E-state index in [-0.39, 0.29) is 5.82 Å². The molecule has 0 unspecified atom stereocenters. The van der Waals surface area contributed by atoms with E-state index in [4.69, 9.17) is 9.47 Å². The van der Waals surface area contributed by atoms with Gasteiger partial charge in [-0.1, -0.05) is 12.1 Å². The number of methoxy groups -OCH3 is 1. The Morgan fingerprint density at radius 2 is 1.67 bits per heavy atom. The number of rotatable bonds is 7. The van der Waals surface area contributed by atoms with Crippen LogP contribution in [0.25, 0.3) is 0 Å². The fourth-order valence-electron chi connectivity index (χ4n) is 2.02. The van der Waals surface area contributed by atoms with Crippen molar-refractivity contribution in [1.29, 1.82) is 0 Å². The average molecular weight is 331 g/mol. The summed E-state index contributed by atoms with van der Waals surface area (Å²) in [5, 5.41) is 6.32. The lowest BCUT2D eigenvalue weighted by Gasteiger charge is -2.12. The predicted molar refractivity (Wildman–Crippen MR) is 93.1 cm³/mol. The second-order valence-electron chi connectivity index (χ2n) is 5.00. The molecule has 6 heteroatoms. The van der Waals surface area contributed by atoms with Gasteiger partial charge in [-0.15, -0.1) is 0 Å². The first kappa shape index (κ1) is 17.6. The van der Waals surface area contributed by atoms with E-state index in [1.165, 1.54) is 12.1 Å². The van der Waals surface area contributed by atoms with Crippen LogP contribution < -0.4 is 20.1 Å². The number of benzene rings is 2. The summed E-state index contributed by atoms with van der Waals surface area (Å²) in [7, 11) is 3.33. The maximum absolute atomic E-state index is 12.9. The van der Waals surface area contributed by atoms with Crippen molar-refractivity contribution in [3.8, 4) is 11.5 Å². The molecule has 0 aliphatic rings. The van der Waals surface area contributed by atoms with Crippen LogP contribution in [0.2, 0.25) is 0 Å². The van der Waals surface area contributed by atoms with Crippen LogP contribution in [0, 0.1) is 5.82 Å². The predicted octanol–water partition coefficient (Wildman–Crippen LogP) is 2.58. The van der Waals surface area contributed by atoms with E-state index in [9.17, 15) is 4.39 Å². The first-order chi connectivity index (χ1) is 11.7. The van der Waals surface area contributed by atoms with Crippen molar-refractivity contribution >= 4 is 5.96 Å². The van der Waals surface area contributed by atoms with Crippen molar-refractivity contribution in [2.24, 2.45) is 4.99 Å². The second kappa shape index (κ2) is 9.39. The summed E-state index contributed by atoms with van der Waals surface area (Å²) in [5.41, 5.74) is 0.980. The molecular formula is C18H22FN3O2. The van der Waals surface area contributed by atoms with Crippen molar-refractivity contribution in [1.82, 2.24) is 10.6 Å². The zero-order valence-corrected chi connectivity index (χ0v) is 13.9. The maximum atomic E-state index is 12.9. The zero-order chi connectivity index (χ0) is 17.2. The number of hydrogen-bond donors (Lipinski definition) is 2. The topological polar surface area (TPSA) is 54.9 Å². The van der Waals surface area contributed by atoms with Gasteiger partial charge in [0.05, 0.1) is 13.7 Å². The molecule has 128 valence electrons. The summed E-state index contributed by atoms with van der Waals surface area (Å²) >= 11 is 0. The van der Waals surface area contributed by atoms with Gasteiger partial charge in [-0.2, -0.15) is 0 Å². The lowest BCUT2D eigenvalue weighted by molar-refractivity contribution is 0.321. The number of hydrogen-bond acceptors (Lipinski definition) is 3. The van der Waals surface area contributed by atoms with Gasteiger partial charge in [0.2, 0.25) is 0 Å². The molecule has 0 aromatic heterocycles. The summed E-state index contributed by atoms with van der Waals surface area (Å²) in [6.07, 6.45) is 0. The molecule has 0 saturated heterocycles. The van der Waals surface area contributed by atoms with Crippen LogP contribution >= 0.6 is 0 Å². The minimum Gasteiger partial charge on any atom is -0.497 e. The molecule has 0 spiro atoms. The first-order valence-corrected chi connectivity index (χ1v) is 7.67. The van der Waals surface area contributed by atoms with E-state index < -0.39 is 0 Å². The largest absolute Gasteiger partial charge is 0.497 e. The molecule has 24 heavy (non-hydrogen) atoms. The number of ether oxygens (including phenoxy) is 2. The molecule has 0 atom stereocenters. The van der Waals surface area contributed by atoms with E-state index >= 15 is 0 Å². The molecule has 2 aromatic rings. The quantitative estimate of drug-likeness (QED) is 0.465. The summed E-state index contributed by atoms with van der Waals surface area (Å²) in [5.74, 6) is 2.01. The third-order valence-electron chi connectivity index (χ3n) is 3.32. The standard InChI is InChI=1S/C18H22FN3O2/c1-20-18(22-13-14-3-5-15(19)6-4-14)21-11-12-24-17-9-7-16(23-2)8-10-17/h3-10H,11-13H2,1-2H3,(H2,20,21,22). The highest BCUT2D eigenvalue weighted by Gasteiger charge is 2.00. The summed E-state index contributed by atoms with van der Waals surface area (Å²) < 4.78 is 23.6. The van der Waals surface area contributed by atoms with E-state index in [0.29, 0.717) is 25.7 Å². The van der Waals surface area contributed by atoms with Gasteiger partial charge in [-0.25, -0.2) is 4.39 Å². The highest BCUT2D eigenvalue weighted by Crippen LogP contribution is 2.16. The minimum absolute atomic E-state index is 0.239. The van der Waals surface area contributed by atoms with E-state index in [0.717, 1.165) is 17.1 Å². The fourth-order valence-corrected chi connectivity index (χ4v) is 2.02. The smallest absolute Gasteiger partial charge is 0.191 e. The summed E-state index contributed by atoms with van der Waals surface area (Å²) in [4.78, 5) is 4.14. The highest BCUT2D eigenvalue weighted by atomic mass is 19.1. The molecule has 0 fully saturated rings. The van der Waals surface area contributed by atoms with Gasteiger partial charge in [-0.05, 0) is 42.0 Å². The molecule has 2 aromatic carbocycles. The van der Waals surface area contributed by atoms with Gasteiger partial charge in [-0.3, -0.25) is 4.99 Å². The Morgan fingerprint density at radius 3 is 2.29 bits per heavy atom. The Labute approximate surface area is 141 Å². The van der Waals surface area contributed by atoms with Crippen LogP contribution in [-0.2, 0) is 6.54 Å². The van der Waals surface area contributed by atoms with Gasteiger partial charge in [0, 0.05) is 13.6 Å². The van der Waals surface area contributed by atoms with Gasteiger partial charge in [0.15, 0.2) is 5.96 Å². The van der Waals surface area contributed by atoms with E-state index in [1.807, 2.05) is 24.3 Å². The SMILES string of the molecule is CN=C(NCCOc1ccc(OC)cc1)NCc1ccc(F)cc1. The van der Waals surface area contributed by atoms with Crippen LogP contribution in [0.5, 0.6) is 11.5 Å². The Hall–Kier alpha value is -2.76. The fraction of sp³-hybridized carbons (Fsp3) is 0.278. The van der Waals surface area contributed by atoms with E-state index in [1.54, 1.807) is 26.3 Å². The monoisotopic (exact) mass is 331 g/mol. The summed E-state index contributed by atoms with van der Waals surface area (Å²) in [6.45, 7) is 1.68. The lowest BCUT2D eigenvalue weighted by atomic mass is 10.2. The molecular weight excluding hydrogens is 309 g/mol. The Kier molecular flexibility index (Phi) is 6.89. The molecule has 0 aliphatic heterocycles. The molecule has 0 amide bonds. The first-order valence-electron chi connectivity index (χ1n) is 7.67. The number of halogens is 1. The van der Waals surface area contributed by atoms with Gasteiger partial charge >= 0.3 is 0 Å². The molecule has 5 nitrogen and oxygen atoms in total. The van der Waals surface area contributed by atoms with Crippen molar-refractivity contribution in [3.05, 3.63) is 59.9 Å². The van der Waals surface area contributed by atoms with Gasteiger partial charge < -0.3 is 20.1 Å². The van der Waals surface area contributed by atoms with Crippen LogP contribution in [0.4, 0.5) is 4.39 Å². The molecule has 0 bridgehead atoms. The van der Waals surface area contributed by atoms with E-state index in [2.05, 4.69) is 15.6 Å². The van der Waals surface area contributed by atoms with Crippen LogP contribution in [0.3, 0.4) is 0 Å². The van der Waals surface area contributed by atoms with Crippen molar-refractivity contribution in [2.45, 2.75) is 6.54 Å². The number of aliphatic imine (C=N–C) groups is 1.